The fourth-order valence-electron chi connectivity index (χ4n) is 2.54. The van der Waals surface area contributed by atoms with E-state index < -0.39 is 0 Å². The monoisotopic (exact) mass is 240 g/mol. The highest BCUT2D eigenvalue weighted by Crippen LogP contribution is 2.16. The van der Waals surface area contributed by atoms with Crippen molar-refractivity contribution in [1.82, 2.24) is 10.2 Å². The summed E-state index contributed by atoms with van der Waals surface area (Å²) in [4.78, 5) is 13.4. The molecule has 0 saturated carbocycles. The Kier molecular flexibility index (Phi) is 5.96. The van der Waals surface area contributed by atoms with E-state index in [0.29, 0.717) is 5.91 Å². The number of nitrogens with one attached hydrogen (secondary N) is 1. The highest BCUT2D eigenvalue weighted by atomic mass is 16.2. The van der Waals surface area contributed by atoms with Crippen LogP contribution in [0.25, 0.3) is 0 Å². The Morgan fingerprint density at radius 1 is 1.41 bits per heavy atom. The number of hydrogen-bond acceptors (Lipinski definition) is 2. The molecule has 1 amide bonds. The Labute approximate surface area is 106 Å². The molecule has 1 saturated heterocycles. The van der Waals surface area contributed by atoms with Gasteiger partial charge in [-0.15, -0.1) is 0 Å². The molecular weight excluding hydrogens is 212 g/mol. The Bertz CT molecular complexity index is 242. The quantitative estimate of drug-likeness (QED) is 0.661. The van der Waals surface area contributed by atoms with Crippen LogP contribution in [0.4, 0.5) is 0 Å². The third-order valence-corrected chi connectivity index (χ3v) is 3.91. The van der Waals surface area contributed by atoms with Crippen molar-refractivity contribution in [2.45, 2.75) is 64.8 Å². The summed E-state index contributed by atoms with van der Waals surface area (Å²) in [5.41, 5.74) is 0.282. The van der Waals surface area contributed by atoms with Crippen molar-refractivity contribution in [3.63, 3.8) is 0 Å². The van der Waals surface area contributed by atoms with Crippen LogP contribution in [0, 0.1) is 0 Å². The fourth-order valence-corrected chi connectivity index (χ4v) is 2.54. The molecule has 1 heterocycles. The second kappa shape index (κ2) is 7.00. The molecule has 0 radical (unpaired) electrons. The second-order valence-electron chi connectivity index (χ2n) is 5.43. The fraction of sp³-hybridized carbons (Fsp3) is 0.929. The molecule has 1 rings (SSSR count). The SMILES string of the molecule is CCCC(C)(CC)NCCCN1CCCC1=O. The molecule has 0 aliphatic carbocycles. The molecule has 100 valence electrons. The number of amides is 1. The lowest BCUT2D eigenvalue weighted by Gasteiger charge is -2.30. The Morgan fingerprint density at radius 3 is 2.71 bits per heavy atom. The zero-order valence-corrected chi connectivity index (χ0v) is 11.7. The first-order valence-electron chi connectivity index (χ1n) is 7.14. The molecule has 3 nitrogen and oxygen atoms in total. The van der Waals surface area contributed by atoms with Gasteiger partial charge in [-0.2, -0.15) is 0 Å². The third-order valence-electron chi connectivity index (χ3n) is 3.91. The summed E-state index contributed by atoms with van der Waals surface area (Å²) in [7, 11) is 0. The molecule has 1 N–H and O–H groups in total. The summed E-state index contributed by atoms with van der Waals surface area (Å²) in [5.74, 6) is 0.344. The zero-order valence-electron chi connectivity index (χ0n) is 11.7. The molecular formula is C14H28N2O. The second-order valence-corrected chi connectivity index (χ2v) is 5.43. The molecule has 1 aliphatic rings. The van der Waals surface area contributed by atoms with Crippen molar-refractivity contribution < 1.29 is 4.79 Å². The van der Waals surface area contributed by atoms with Gasteiger partial charge >= 0.3 is 0 Å². The van der Waals surface area contributed by atoms with E-state index in [0.717, 1.165) is 38.9 Å². The smallest absolute Gasteiger partial charge is 0.222 e. The Morgan fingerprint density at radius 2 is 2.18 bits per heavy atom. The standard InChI is InChI=1S/C14H28N2O/c1-4-9-14(3,5-2)15-10-7-12-16-11-6-8-13(16)17/h15H,4-12H2,1-3H3. The molecule has 0 bridgehead atoms. The normalized spacial score (nSPS) is 19.7. The summed E-state index contributed by atoms with van der Waals surface area (Å²) >= 11 is 0. The molecule has 0 aromatic heterocycles. The van der Waals surface area contributed by atoms with Gasteiger partial charge in [0.05, 0.1) is 0 Å². The van der Waals surface area contributed by atoms with E-state index >= 15 is 0 Å². The maximum atomic E-state index is 11.4. The highest BCUT2D eigenvalue weighted by Gasteiger charge is 2.21. The number of hydrogen-bond donors (Lipinski definition) is 1. The van der Waals surface area contributed by atoms with Crippen LogP contribution in [-0.2, 0) is 4.79 Å². The van der Waals surface area contributed by atoms with E-state index in [-0.39, 0.29) is 5.54 Å². The van der Waals surface area contributed by atoms with Gasteiger partial charge in [-0.3, -0.25) is 4.79 Å². The number of nitrogens with zero attached hydrogens (tertiary/aromatic N) is 1. The van der Waals surface area contributed by atoms with Gasteiger partial charge in [-0.1, -0.05) is 20.3 Å². The summed E-state index contributed by atoms with van der Waals surface area (Å²) in [5, 5.41) is 3.65. The van der Waals surface area contributed by atoms with E-state index in [2.05, 4.69) is 26.1 Å². The topological polar surface area (TPSA) is 32.3 Å². The summed E-state index contributed by atoms with van der Waals surface area (Å²) < 4.78 is 0. The van der Waals surface area contributed by atoms with Crippen LogP contribution in [0.3, 0.4) is 0 Å². The maximum Gasteiger partial charge on any atom is 0.222 e. The molecule has 1 fully saturated rings. The van der Waals surface area contributed by atoms with Gasteiger partial charge in [-0.05, 0) is 39.2 Å². The average Bonchev–Trinajstić information content (AvgIpc) is 2.71. The molecule has 1 atom stereocenters. The molecule has 0 aromatic carbocycles. The first kappa shape index (κ1) is 14.5. The minimum atomic E-state index is 0.282. The molecule has 3 heteroatoms. The van der Waals surface area contributed by atoms with Gasteiger partial charge < -0.3 is 10.2 Å². The van der Waals surface area contributed by atoms with Crippen LogP contribution in [0.15, 0.2) is 0 Å². The zero-order chi connectivity index (χ0) is 12.7. The van der Waals surface area contributed by atoms with Crippen molar-refractivity contribution in [2.75, 3.05) is 19.6 Å². The Balaban J connectivity index is 2.16. The molecule has 17 heavy (non-hydrogen) atoms. The van der Waals surface area contributed by atoms with Crippen LogP contribution in [0.1, 0.15) is 59.3 Å². The number of likely N-dealkylation sites (tertiary alicyclic amines) is 1. The summed E-state index contributed by atoms with van der Waals surface area (Å²) in [6.07, 6.45) is 6.51. The molecule has 0 spiro atoms. The number of carbonyl (C=O) groups excluding carboxylic acids is 1. The van der Waals surface area contributed by atoms with Crippen LogP contribution in [0.5, 0.6) is 0 Å². The number of rotatable bonds is 8. The van der Waals surface area contributed by atoms with Gasteiger partial charge in [-0.25, -0.2) is 0 Å². The lowest BCUT2D eigenvalue weighted by Crippen LogP contribution is -2.43. The molecule has 1 unspecified atom stereocenters. The minimum absolute atomic E-state index is 0.282. The highest BCUT2D eigenvalue weighted by molar-refractivity contribution is 5.77. The summed E-state index contributed by atoms with van der Waals surface area (Å²) in [6, 6.07) is 0. The van der Waals surface area contributed by atoms with E-state index in [1.165, 1.54) is 19.3 Å². The van der Waals surface area contributed by atoms with Gasteiger partial charge in [0.25, 0.3) is 0 Å². The third kappa shape index (κ3) is 4.66. The van der Waals surface area contributed by atoms with E-state index in [1.807, 2.05) is 4.90 Å². The van der Waals surface area contributed by atoms with Crippen LogP contribution in [-0.4, -0.2) is 36.0 Å². The van der Waals surface area contributed by atoms with Crippen LogP contribution < -0.4 is 5.32 Å². The lowest BCUT2D eigenvalue weighted by molar-refractivity contribution is -0.127. The van der Waals surface area contributed by atoms with Gasteiger partial charge in [0.2, 0.25) is 5.91 Å². The summed E-state index contributed by atoms with van der Waals surface area (Å²) in [6.45, 7) is 9.70. The minimum Gasteiger partial charge on any atom is -0.343 e. The molecule has 1 aliphatic heterocycles. The van der Waals surface area contributed by atoms with E-state index in [1.54, 1.807) is 0 Å². The van der Waals surface area contributed by atoms with Crippen LogP contribution in [0.2, 0.25) is 0 Å². The van der Waals surface area contributed by atoms with Crippen molar-refractivity contribution in [3.05, 3.63) is 0 Å². The predicted molar refractivity (Wildman–Crippen MR) is 72.0 cm³/mol. The van der Waals surface area contributed by atoms with Crippen molar-refractivity contribution in [2.24, 2.45) is 0 Å². The first-order chi connectivity index (χ1) is 8.11. The van der Waals surface area contributed by atoms with Gasteiger partial charge in [0.15, 0.2) is 0 Å². The Hall–Kier alpha value is -0.570. The van der Waals surface area contributed by atoms with Crippen molar-refractivity contribution in [3.8, 4) is 0 Å². The van der Waals surface area contributed by atoms with E-state index in [4.69, 9.17) is 0 Å². The van der Waals surface area contributed by atoms with Crippen molar-refractivity contribution in [1.29, 1.82) is 0 Å². The molecule has 0 aromatic rings. The predicted octanol–water partition coefficient (Wildman–Crippen LogP) is 2.56. The first-order valence-corrected chi connectivity index (χ1v) is 7.14. The maximum absolute atomic E-state index is 11.4. The van der Waals surface area contributed by atoms with E-state index in [9.17, 15) is 4.79 Å². The van der Waals surface area contributed by atoms with Crippen molar-refractivity contribution >= 4 is 5.91 Å². The van der Waals surface area contributed by atoms with Gasteiger partial charge in [0, 0.05) is 25.0 Å². The number of carbonyl (C=O) groups is 1. The van der Waals surface area contributed by atoms with Crippen LogP contribution >= 0.6 is 0 Å². The van der Waals surface area contributed by atoms with Gasteiger partial charge in [0.1, 0.15) is 0 Å². The largest absolute Gasteiger partial charge is 0.343 e. The lowest BCUT2D eigenvalue weighted by atomic mass is 9.93. The average molecular weight is 240 g/mol.